The Morgan fingerprint density at radius 2 is 1.85 bits per heavy atom. The van der Waals surface area contributed by atoms with Crippen molar-refractivity contribution in [1.82, 2.24) is 5.32 Å². The van der Waals surface area contributed by atoms with Crippen molar-refractivity contribution >= 4 is 29.0 Å². The topological polar surface area (TPSA) is 59.6 Å². The predicted molar refractivity (Wildman–Crippen MR) is 108 cm³/mol. The monoisotopic (exact) mass is 372 g/mol. The van der Waals surface area contributed by atoms with Crippen molar-refractivity contribution in [3.8, 4) is 5.75 Å². The first kappa shape index (κ1) is 19.7. The summed E-state index contributed by atoms with van der Waals surface area (Å²) in [5, 5.41) is 6.99. The maximum Gasteiger partial charge on any atom is 0.337 e. The van der Waals surface area contributed by atoms with Gasteiger partial charge in [-0.15, -0.1) is 0 Å². The number of hydrogen-bond acceptors (Lipinski definition) is 4. The molecule has 0 unspecified atom stereocenters. The molecule has 0 aliphatic carbocycles. The lowest BCUT2D eigenvalue weighted by molar-refractivity contribution is 0.0601. The Kier molecular flexibility index (Phi) is 6.97. The van der Waals surface area contributed by atoms with Gasteiger partial charge in [0.1, 0.15) is 5.75 Å². The summed E-state index contributed by atoms with van der Waals surface area (Å²) in [6, 6.07) is 13.3. The number of rotatable bonds is 6. The fourth-order valence-corrected chi connectivity index (χ4v) is 2.83. The molecular weight excluding hydrogens is 348 g/mol. The molecule has 138 valence electrons. The molecule has 0 saturated heterocycles. The van der Waals surface area contributed by atoms with Crippen LogP contribution >= 0.6 is 12.2 Å². The molecule has 2 aromatic rings. The molecule has 0 aromatic heterocycles. The molecule has 5 nitrogen and oxygen atoms in total. The summed E-state index contributed by atoms with van der Waals surface area (Å²) < 4.78 is 9.97. The second kappa shape index (κ2) is 9.20. The zero-order valence-electron chi connectivity index (χ0n) is 15.5. The van der Waals surface area contributed by atoms with Gasteiger partial charge in [0.15, 0.2) is 5.11 Å². The summed E-state index contributed by atoms with van der Waals surface area (Å²) >= 11 is 5.46. The molecule has 26 heavy (non-hydrogen) atoms. The average Bonchev–Trinajstić information content (AvgIpc) is 2.67. The van der Waals surface area contributed by atoms with E-state index in [4.69, 9.17) is 21.7 Å². The van der Waals surface area contributed by atoms with Crippen LogP contribution in [0.2, 0.25) is 0 Å². The summed E-state index contributed by atoms with van der Waals surface area (Å²) in [7, 11) is 3.01. The maximum atomic E-state index is 11.7. The largest absolute Gasteiger partial charge is 0.497 e. The number of esters is 1. The van der Waals surface area contributed by atoms with Crippen LogP contribution in [0.1, 0.15) is 40.9 Å². The van der Waals surface area contributed by atoms with E-state index in [0.29, 0.717) is 10.7 Å². The van der Waals surface area contributed by atoms with E-state index in [-0.39, 0.29) is 12.0 Å². The number of carbonyl (C=O) groups excluding carboxylic acids is 1. The van der Waals surface area contributed by atoms with E-state index in [1.165, 1.54) is 7.11 Å². The third-order valence-corrected chi connectivity index (χ3v) is 4.36. The summed E-state index contributed by atoms with van der Waals surface area (Å²) in [6.07, 6.45) is 0.870. The Labute approximate surface area is 159 Å². The third kappa shape index (κ3) is 4.95. The number of methoxy groups -OCH3 is 2. The molecule has 0 spiro atoms. The number of aryl methyl sites for hydroxylation is 1. The number of ether oxygens (including phenoxy) is 2. The Morgan fingerprint density at radius 1 is 1.15 bits per heavy atom. The van der Waals surface area contributed by atoms with Crippen LogP contribution in [0.15, 0.2) is 42.5 Å². The average molecular weight is 372 g/mol. The van der Waals surface area contributed by atoms with Crippen LogP contribution < -0.4 is 15.4 Å². The predicted octanol–water partition coefficient (Wildman–Crippen LogP) is 4.23. The van der Waals surface area contributed by atoms with Crippen molar-refractivity contribution in [3.05, 3.63) is 59.2 Å². The van der Waals surface area contributed by atoms with E-state index in [1.54, 1.807) is 19.2 Å². The summed E-state index contributed by atoms with van der Waals surface area (Å²) in [5.74, 6) is 0.441. The number of anilines is 1. The van der Waals surface area contributed by atoms with Crippen molar-refractivity contribution in [3.63, 3.8) is 0 Å². The highest BCUT2D eigenvalue weighted by atomic mass is 32.1. The highest BCUT2D eigenvalue weighted by Crippen LogP contribution is 2.21. The van der Waals surface area contributed by atoms with Crippen LogP contribution in [0.4, 0.5) is 5.69 Å². The molecule has 0 fully saturated rings. The van der Waals surface area contributed by atoms with Gasteiger partial charge in [-0.25, -0.2) is 4.79 Å². The second-order valence-electron chi connectivity index (χ2n) is 5.85. The van der Waals surface area contributed by atoms with E-state index in [9.17, 15) is 4.79 Å². The molecule has 0 heterocycles. The zero-order valence-corrected chi connectivity index (χ0v) is 16.3. The zero-order chi connectivity index (χ0) is 19.1. The van der Waals surface area contributed by atoms with Crippen LogP contribution in [-0.4, -0.2) is 25.3 Å². The molecule has 0 aliphatic rings. The van der Waals surface area contributed by atoms with E-state index < -0.39 is 0 Å². The van der Waals surface area contributed by atoms with Crippen LogP contribution in [0, 0.1) is 6.92 Å². The van der Waals surface area contributed by atoms with Gasteiger partial charge in [-0.1, -0.05) is 25.1 Å². The second-order valence-corrected chi connectivity index (χ2v) is 6.26. The standard InChI is InChI=1S/C20H24N2O3S/c1-5-17(14-8-10-16(24-3)11-9-14)21-20(26)22-18-12-15(19(23)25-4)7-6-13(18)2/h6-12,17H,5H2,1-4H3,(H2,21,22,26)/t17-/m0/s1. The Balaban J connectivity index is 2.10. The minimum atomic E-state index is -0.378. The number of benzene rings is 2. The van der Waals surface area contributed by atoms with Gasteiger partial charge in [0.25, 0.3) is 0 Å². The van der Waals surface area contributed by atoms with Gasteiger partial charge in [-0.2, -0.15) is 0 Å². The van der Waals surface area contributed by atoms with E-state index in [1.807, 2.05) is 37.3 Å². The fraction of sp³-hybridized carbons (Fsp3) is 0.300. The summed E-state index contributed by atoms with van der Waals surface area (Å²) in [5.41, 5.74) is 3.36. The fourth-order valence-electron chi connectivity index (χ4n) is 2.58. The maximum absolute atomic E-state index is 11.7. The Bertz CT molecular complexity index is 775. The minimum absolute atomic E-state index is 0.0741. The van der Waals surface area contributed by atoms with Crippen molar-refractivity contribution in [2.24, 2.45) is 0 Å². The number of carbonyl (C=O) groups is 1. The molecule has 0 amide bonds. The van der Waals surface area contributed by atoms with Crippen molar-refractivity contribution in [2.45, 2.75) is 26.3 Å². The first-order valence-corrected chi connectivity index (χ1v) is 8.79. The van der Waals surface area contributed by atoms with Gasteiger partial charge < -0.3 is 20.1 Å². The molecule has 6 heteroatoms. The smallest absolute Gasteiger partial charge is 0.337 e. The van der Waals surface area contributed by atoms with Gasteiger partial charge in [0.05, 0.1) is 25.8 Å². The van der Waals surface area contributed by atoms with Crippen molar-refractivity contribution in [2.75, 3.05) is 19.5 Å². The number of hydrogen-bond donors (Lipinski definition) is 2. The molecule has 0 radical (unpaired) electrons. The van der Waals surface area contributed by atoms with E-state index in [2.05, 4.69) is 17.6 Å². The van der Waals surface area contributed by atoms with Gasteiger partial charge in [-0.05, 0) is 61.0 Å². The SMILES string of the molecule is CC[C@H](NC(=S)Nc1cc(C(=O)OC)ccc1C)c1ccc(OC)cc1. The quantitative estimate of drug-likeness (QED) is 0.585. The molecule has 2 rings (SSSR count). The van der Waals surface area contributed by atoms with Gasteiger partial charge in [0, 0.05) is 5.69 Å². The molecule has 2 aromatic carbocycles. The minimum Gasteiger partial charge on any atom is -0.497 e. The molecular formula is C20H24N2O3S. The molecule has 0 saturated carbocycles. The number of nitrogens with one attached hydrogen (secondary N) is 2. The lowest BCUT2D eigenvalue weighted by Gasteiger charge is -2.21. The van der Waals surface area contributed by atoms with Crippen LogP contribution in [0.25, 0.3) is 0 Å². The van der Waals surface area contributed by atoms with Crippen molar-refractivity contribution < 1.29 is 14.3 Å². The van der Waals surface area contributed by atoms with Gasteiger partial charge >= 0.3 is 5.97 Å². The molecule has 2 N–H and O–H groups in total. The van der Waals surface area contributed by atoms with Crippen LogP contribution in [0.5, 0.6) is 5.75 Å². The highest BCUT2D eigenvalue weighted by Gasteiger charge is 2.13. The highest BCUT2D eigenvalue weighted by molar-refractivity contribution is 7.80. The van der Waals surface area contributed by atoms with Gasteiger partial charge in [0.2, 0.25) is 0 Å². The van der Waals surface area contributed by atoms with Crippen LogP contribution in [-0.2, 0) is 4.74 Å². The normalized spacial score (nSPS) is 11.4. The third-order valence-electron chi connectivity index (χ3n) is 4.14. The molecule has 0 aliphatic heterocycles. The first-order chi connectivity index (χ1) is 12.5. The Hall–Kier alpha value is -2.60. The Morgan fingerprint density at radius 3 is 2.42 bits per heavy atom. The molecule has 0 bridgehead atoms. The van der Waals surface area contributed by atoms with Crippen molar-refractivity contribution in [1.29, 1.82) is 0 Å². The lowest BCUT2D eigenvalue weighted by Crippen LogP contribution is -2.32. The van der Waals surface area contributed by atoms with Gasteiger partial charge in [-0.3, -0.25) is 0 Å². The number of thiocarbonyl (C=S) groups is 1. The lowest BCUT2D eigenvalue weighted by atomic mass is 10.0. The van der Waals surface area contributed by atoms with E-state index >= 15 is 0 Å². The first-order valence-electron chi connectivity index (χ1n) is 8.39. The molecule has 1 atom stereocenters. The van der Waals surface area contributed by atoms with Crippen LogP contribution in [0.3, 0.4) is 0 Å². The summed E-state index contributed by atoms with van der Waals surface area (Å²) in [6.45, 7) is 4.04. The van der Waals surface area contributed by atoms with E-state index in [0.717, 1.165) is 29.0 Å². The summed E-state index contributed by atoms with van der Waals surface area (Å²) in [4.78, 5) is 11.7.